The molecule has 2 N–H and O–H groups in total. The number of carbonyl (C=O) groups excluding carboxylic acids is 1. The van der Waals surface area contributed by atoms with Crippen molar-refractivity contribution in [1.82, 2.24) is 15.1 Å². The van der Waals surface area contributed by atoms with Gasteiger partial charge in [-0.15, -0.1) is 0 Å². The Morgan fingerprint density at radius 1 is 0.975 bits per heavy atom. The lowest BCUT2D eigenvalue weighted by Crippen LogP contribution is -2.55. The van der Waals surface area contributed by atoms with Crippen LogP contribution in [0.1, 0.15) is 97.8 Å². The minimum Gasteiger partial charge on any atom is -0.396 e. The van der Waals surface area contributed by atoms with Gasteiger partial charge in [0, 0.05) is 51.8 Å². The summed E-state index contributed by atoms with van der Waals surface area (Å²) in [5, 5.41) is 12.9. The number of amides is 1. The average Bonchev–Trinajstić information content (AvgIpc) is 3.48. The van der Waals surface area contributed by atoms with Gasteiger partial charge in [0.05, 0.1) is 12.2 Å². The van der Waals surface area contributed by atoms with Crippen molar-refractivity contribution in [1.29, 1.82) is 0 Å². The van der Waals surface area contributed by atoms with Gasteiger partial charge < -0.3 is 25.0 Å². The summed E-state index contributed by atoms with van der Waals surface area (Å²) >= 11 is 0. The molecule has 6 fully saturated rings. The highest BCUT2D eigenvalue weighted by Crippen LogP contribution is 2.69. The van der Waals surface area contributed by atoms with Crippen molar-refractivity contribution < 1.29 is 14.6 Å². The quantitative estimate of drug-likeness (QED) is 0.443. The first kappa shape index (κ1) is 29.4. The van der Waals surface area contributed by atoms with E-state index in [1.54, 1.807) is 0 Å². The minimum atomic E-state index is 0.274. The molecule has 4 unspecified atom stereocenters. The first-order chi connectivity index (χ1) is 19.2. The molecule has 6 nitrogen and oxygen atoms in total. The summed E-state index contributed by atoms with van der Waals surface area (Å²) in [6.07, 6.45) is 15.5. The Balaban J connectivity index is 1.01. The third-order valence-electron chi connectivity index (χ3n) is 13.7. The number of aliphatic hydroxyl groups excluding tert-OH is 1. The number of piperazine rings is 1. The van der Waals surface area contributed by atoms with Gasteiger partial charge in [-0.05, 0) is 124 Å². The largest absolute Gasteiger partial charge is 0.396 e. The third kappa shape index (κ3) is 5.53. The molecule has 11 atom stereocenters. The third-order valence-corrected chi connectivity index (χ3v) is 13.7. The Labute approximate surface area is 244 Å². The van der Waals surface area contributed by atoms with Crippen molar-refractivity contribution >= 4 is 5.91 Å². The first-order valence-electron chi connectivity index (χ1n) is 17.2. The molecular weight excluding hydrogens is 498 g/mol. The van der Waals surface area contributed by atoms with Gasteiger partial charge in [0.1, 0.15) is 0 Å². The van der Waals surface area contributed by atoms with E-state index in [0.717, 1.165) is 75.2 Å². The SMILES string of the molecule is C[C@H](CO)CC[C@@H]1C[C@H]2C(CC3[C@@H]4CCC5C[C@@H](NC(=O)CCN6CCN(C)CC6)CC[C@]5(C)C4CC[C@@]32C)O1. The Kier molecular flexibility index (Phi) is 8.65. The number of likely N-dealkylation sites (N-methyl/N-ethyl adjacent to an activating group) is 1. The first-order valence-corrected chi connectivity index (χ1v) is 17.2. The van der Waals surface area contributed by atoms with Gasteiger partial charge in [-0.25, -0.2) is 0 Å². The van der Waals surface area contributed by atoms with Crippen LogP contribution in [0.15, 0.2) is 0 Å². The van der Waals surface area contributed by atoms with E-state index in [1.807, 2.05) is 0 Å². The number of ether oxygens (including phenoxy) is 1. The minimum absolute atomic E-state index is 0.274. The zero-order valence-electron chi connectivity index (χ0n) is 26.1. The van der Waals surface area contributed by atoms with Gasteiger partial charge in [0.2, 0.25) is 5.91 Å². The molecule has 228 valence electrons. The van der Waals surface area contributed by atoms with Gasteiger partial charge >= 0.3 is 0 Å². The van der Waals surface area contributed by atoms with E-state index in [4.69, 9.17) is 4.74 Å². The lowest BCUT2D eigenvalue weighted by molar-refractivity contribution is -0.127. The molecule has 40 heavy (non-hydrogen) atoms. The lowest BCUT2D eigenvalue weighted by Gasteiger charge is -2.61. The van der Waals surface area contributed by atoms with E-state index in [0.29, 0.717) is 48.0 Å². The van der Waals surface area contributed by atoms with Crippen LogP contribution in [0.3, 0.4) is 0 Å². The zero-order valence-corrected chi connectivity index (χ0v) is 26.1. The highest BCUT2D eigenvalue weighted by Gasteiger charge is 2.64. The second kappa shape index (κ2) is 11.8. The van der Waals surface area contributed by atoms with Crippen LogP contribution in [0, 0.1) is 46.3 Å². The predicted molar refractivity (Wildman–Crippen MR) is 160 cm³/mol. The van der Waals surface area contributed by atoms with Crippen LogP contribution in [0.5, 0.6) is 0 Å². The normalized spacial score (nSPS) is 46.2. The van der Waals surface area contributed by atoms with Gasteiger partial charge in [0.25, 0.3) is 0 Å². The number of carbonyl (C=O) groups is 1. The number of nitrogens with one attached hydrogen (secondary N) is 1. The number of hydrogen-bond acceptors (Lipinski definition) is 5. The van der Waals surface area contributed by atoms with Crippen LogP contribution >= 0.6 is 0 Å². The van der Waals surface area contributed by atoms with Crippen molar-refractivity contribution in [2.24, 2.45) is 46.3 Å². The summed E-state index contributed by atoms with van der Waals surface area (Å²) in [6.45, 7) is 13.1. The van der Waals surface area contributed by atoms with Crippen molar-refractivity contribution in [3.05, 3.63) is 0 Å². The molecule has 6 rings (SSSR count). The van der Waals surface area contributed by atoms with Crippen molar-refractivity contribution in [2.75, 3.05) is 46.4 Å². The Morgan fingerprint density at radius 2 is 1.75 bits per heavy atom. The highest BCUT2D eigenvalue weighted by atomic mass is 16.5. The Bertz CT molecular complexity index is 892. The fraction of sp³-hybridized carbons (Fsp3) is 0.971. The summed E-state index contributed by atoms with van der Waals surface area (Å²) in [4.78, 5) is 17.7. The van der Waals surface area contributed by atoms with Crippen LogP contribution in [0.4, 0.5) is 0 Å². The van der Waals surface area contributed by atoms with Crippen LogP contribution in [-0.2, 0) is 9.53 Å². The lowest BCUT2D eigenvalue weighted by atomic mass is 9.44. The number of aliphatic hydroxyl groups is 1. The van der Waals surface area contributed by atoms with Gasteiger partial charge in [-0.1, -0.05) is 20.8 Å². The van der Waals surface area contributed by atoms with Crippen LogP contribution in [-0.4, -0.2) is 85.4 Å². The average molecular weight is 558 g/mol. The Hall–Kier alpha value is -0.690. The summed E-state index contributed by atoms with van der Waals surface area (Å²) in [7, 11) is 2.19. The molecule has 0 spiro atoms. The molecule has 0 bridgehead atoms. The molecule has 0 radical (unpaired) electrons. The maximum atomic E-state index is 12.9. The molecular formula is C34H59N3O3. The molecule has 0 aromatic heterocycles. The van der Waals surface area contributed by atoms with Gasteiger partial charge in [-0.2, -0.15) is 0 Å². The van der Waals surface area contributed by atoms with E-state index < -0.39 is 0 Å². The van der Waals surface area contributed by atoms with E-state index in [2.05, 4.69) is 42.9 Å². The summed E-state index contributed by atoms with van der Waals surface area (Å²) in [6, 6.07) is 0.383. The fourth-order valence-electron chi connectivity index (χ4n) is 11.0. The number of rotatable bonds is 8. The monoisotopic (exact) mass is 557 g/mol. The van der Waals surface area contributed by atoms with Crippen molar-refractivity contribution in [3.8, 4) is 0 Å². The molecule has 4 saturated carbocycles. The molecule has 4 aliphatic carbocycles. The van der Waals surface area contributed by atoms with Crippen LogP contribution in [0.2, 0.25) is 0 Å². The topological polar surface area (TPSA) is 65.0 Å². The standard InChI is InChI=1S/C34H59N3O3/c1-23(22-38)5-7-26-20-30-31(40-26)21-29-27-8-6-24-19-25(9-12-33(24,2)28(27)10-13-34(29,30)3)35-32(39)11-14-37-17-15-36(4)16-18-37/h23-31,38H,5-22H2,1-4H3,(H,35,39)/t23-,24?,25-,26+,27+,28?,29?,30-,31?,33-,34-/m0/s1. The second-order valence-electron chi connectivity index (χ2n) is 15.9. The molecule has 1 amide bonds. The molecule has 2 heterocycles. The maximum Gasteiger partial charge on any atom is 0.221 e. The second-order valence-corrected chi connectivity index (χ2v) is 15.9. The fourth-order valence-corrected chi connectivity index (χ4v) is 11.0. The number of fused-ring (bicyclic) bond motifs is 7. The Morgan fingerprint density at radius 3 is 2.52 bits per heavy atom. The summed E-state index contributed by atoms with van der Waals surface area (Å²) in [5.74, 6) is 4.75. The van der Waals surface area contributed by atoms with E-state index >= 15 is 0 Å². The maximum absolute atomic E-state index is 12.9. The van der Waals surface area contributed by atoms with E-state index in [9.17, 15) is 9.90 Å². The molecule has 0 aromatic rings. The summed E-state index contributed by atoms with van der Waals surface area (Å²) in [5.41, 5.74) is 0.911. The zero-order chi connectivity index (χ0) is 28.1. The molecule has 6 heteroatoms. The van der Waals surface area contributed by atoms with Gasteiger partial charge in [-0.3, -0.25) is 4.79 Å². The highest BCUT2D eigenvalue weighted by molar-refractivity contribution is 5.76. The smallest absolute Gasteiger partial charge is 0.221 e. The molecule has 0 aromatic carbocycles. The number of nitrogens with zero attached hydrogens (tertiary/aromatic N) is 2. The van der Waals surface area contributed by atoms with E-state index in [1.165, 1.54) is 57.8 Å². The van der Waals surface area contributed by atoms with Crippen molar-refractivity contribution in [2.45, 2.75) is 116 Å². The predicted octanol–water partition coefficient (Wildman–Crippen LogP) is 4.94. The van der Waals surface area contributed by atoms with Crippen LogP contribution < -0.4 is 5.32 Å². The number of hydrogen-bond donors (Lipinski definition) is 2. The van der Waals surface area contributed by atoms with E-state index in [-0.39, 0.29) is 5.91 Å². The van der Waals surface area contributed by atoms with Crippen molar-refractivity contribution in [3.63, 3.8) is 0 Å². The van der Waals surface area contributed by atoms with Gasteiger partial charge in [0.15, 0.2) is 0 Å². The molecule has 2 aliphatic heterocycles. The molecule has 2 saturated heterocycles. The molecule has 6 aliphatic rings. The summed E-state index contributed by atoms with van der Waals surface area (Å²) < 4.78 is 6.74. The van der Waals surface area contributed by atoms with Crippen LogP contribution in [0.25, 0.3) is 0 Å².